The van der Waals surface area contributed by atoms with Gasteiger partial charge in [-0.05, 0) is 30.7 Å². The molecular weight excluding hydrogens is 216 g/mol. The van der Waals surface area contributed by atoms with E-state index in [-0.39, 0.29) is 11.9 Å². The summed E-state index contributed by atoms with van der Waals surface area (Å²) in [4.78, 5) is 13.4. The van der Waals surface area contributed by atoms with E-state index in [1.807, 2.05) is 24.3 Å². The van der Waals surface area contributed by atoms with Crippen LogP contribution in [0.3, 0.4) is 0 Å². The van der Waals surface area contributed by atoms with Crippen LogP contribution >= 0.6 is 0 Å². The summed E-state index contributed by atoms with van der Waals surface area (Å²) in [7, 11) is 0. The maximum absolute atomic E-state index is 11.7. The van der Waals surface area contributed by atoms with Gasteiger partial charge in [0.1, 0.15) is 5.75 Å². The second-order valence-electron chi connectivity index (χ2n) is 4.31. The van der Waals surface area contributed by atoms with Gasteiger partial charge in [-0.1, -0.05) is 6.92 Å². The van der Waals surface area contributed by atoms with Crippen molar-refractivity contribution in [2.75, 3.05) is 18.1 Å². The minimum atomic E-state index is -0.0430. The fourth-order valence-corrected chi connectivity index (χ4v) is 1.93. The topological polar surface area (TPSA) is 55.6 Å². The molecule has 1 unspecified atom stereocenters. The van der Waals surface area contributed by atoms with E-state index in [4.69, 9.17) is 10.5 Å². The first kappa shape index (κ1) is 11.9. The Morgan fingerprint density at radius 1 is 1.41 bits per heavy atom. The van der Waals surface area contributed by atoms with E-state index in [1.165, 1.54) is 0 Å². The molecule has 1 aliphatic heterocycles. The number of hydrogen-bond donors (Lipinski definition) is 1. The van der Waals surface area contributed by atoms with Crippen molar-refractivity contribution in [2.24, 2.45) is 5.73 Å². The quantitative estimate of drug-likeness (QED) is 0.859. The van der Waals surface area contributed by atoms with Gasteiger partial charge in [0.25, 0.3) is 0 Å². The molecule has 2 rings (SSSR count). The Labute approximate surface area is 101 Å². The van der Waals surface area contributed by atoms with E-state index >= 15 is 0 Å². The maximum Gasteiger partial charge on any atom is 0.228 e. The van der Waals surface area contributed by atoms with Crippen molar-refractivity contribution in [2.45, 2.75) is 25.8 Å². The number of nitrogens with zero attached hydrogens (tertiary/aromatic N) is 1. The monoisotopic (exact) mass is 234 g/mol. The highest BCUT2D eigenvalue weighted by molar-refractivity contribution is 5.96. The van der Waals surface area contributed by atoms with Gasteiger partial charge in [-0.25, -0.2) is 0 Å². The second-order valence-corrected chi connectivity index (χ2v) is 4.31. The molecule has 0 spiro atoms. The summed E-state index contributed by atoms with van der Waals surface area (Å²) in [6, 6.07) is 7.55. The molecule has 2 N–H and O–H groups in total. The molecule has 1 fully saturated rings. The zero-order valence-electron chi connectivity index (χ0n) is 10.1. The smallest absolute Gasteiger partial charge is 0.228 e. The summed E-state index contributed by atoms with van der Waals surface area (Å²) >= 11 is 0. The molecule has 1 atom stereocenters. The molecule has 1 aromatic carbocycles. The van der Waals surface area contributed by atoms with Crippen LogP contribution in [0.25, 0.3) is 0 Å². The first-order valence-electron chi connectivity index (χ1n) is 5.99. The third-order valence-electron chi connectivity index (χ3n) is 2.78. The lowest BCUT2D eigenvalue weighted by Gasteiger charge is -2.16. The van der Waals surface area contributed by atoms with Crippen molar-refractivity contribution in [3.63, 3.8) is 0 Å². The van der Waals surface area contributed by atoms with Gasteiger partial charge in [0.05, 0.1) is 6.61 Å². The molecule has 0 radical (unpaired) electrons. The number of ether oxygens (including phenoxy) is 1. The highest BCUT2D eigenvalue weighted by atomic mass is 16.5. The van der Waals surface area contributed by atoms with E-state index in [1.54, 1.807) is 4.90 Å². The normalized spacial score (nSPS) is 19.8. The molecule has 1 aliphatic rings. The van der Waals surface area contributed by atoms with Crippen LogP contribution in [0, 0.1) is 0 Å². The molecule has 1 saturated heterocycles. The molecule has 0 bridgehead atoms. The van der Waals surface area contributed by atoms with E-state index in [2.05, 4.69) is 6.92 Å². The number of benzene rings is 1. The lowest BCUT2D eigenvalue weighted by Crippen LogP contribution is -2.27. The summed E-state index contributed by atoms with van der Waals surface area (Å²) < 4.78 is 5.49. The van der Waals surface area contributed by atoms with Crippen molar-refractivity contribution in [3.05, 3.63) is 24.3 Å². The van der Waals surface area contributed by atoms with Crippen LogP contribution in [0.1, 0.15) is 19.8 Å². The molecule has 1 aromatic rings. The lowest BCUT2D eigenvalue weighted by atomic mass is 10.3. The minimum absolute atomic E-state index is 0.0430. The highest BCUT2D eigenvalue weighted by Crippen LogP contribution is 2.23. The molecular formula is C13H18N2O2. The highest BCUT2D eigenvalue weighted by Gasteiger charge is 2.27. The SMILES string of the molecule is CCCOc1ccc(N2CC(N)CC2=O)cc1. The summed E-state index contributed by atoms with van der Waals surface area (Å²) in [6.07, 6.45) is 1.43. The third-order valence-corrected chi connectivity index (χ3v) is 2.78. The molecule has 0 saturated carbocycles. The molecule has 1 amide bonds. The van der Waals surface area contributed by atoms with Gasteiger partial charge in [-0.2, -0.15) is 0 Å². The van der Waals surface area contributed by atoms with Crippen LogP contribution in [-0.2, 0) is 4.79 Å². The number of anilines is 1. The van der Waals surface area contributed by atoms with E-state index in [0.717, 1.165) is 17.9 Å². The van der Waals surface area contributed by atoms with Crippen molar-refractivity contribution in [3.8, 4) is 5.75 Å². The molecule has 92 valence electrons. The van der Waals surface area contributed by atoms with Crippen molar-refractivity contribution in [1.82, 2.24) is 0 Å². The average molecular weight is 234 g/mol. The number of nitrogens with two attached hydrogens (primary N) is 1. The number of hydrogen-bond acceptors (Lipinski definition) is 3. The van der Waals surface area contributed by atoms with Gasteiger partial charge < -0.3 is 15.4 Å². The average Bonchev–Trinajstić information content (AvgIpc) is 2.66. The number of carbonyl (C=O) groups excluding carboxylic acids is 1. The van der Waals surface area contributed by atoms with Crippen LogP contribution in [0.2, 0.25) is 0 Å². The first-order valence-corrected chi connectivity index (χ1v) is 5.99. The number of amides is 1. The zero-order chi connectivity index (χ0) is 12.3. The van der Waals surface area contributed by atoms with Crippen molar-refractivity contribution in [1.29, 1.82) is 0 Å². The van der Waals surface area contributed by atoms with Crippen LogP contribution in [0.4, 0.5) is 5.69 Å². The Hall–Kier alpha value is -1.55. The summed E-state index contributed by atoms with van der Waals surface area (Å²) in [6.45, 7) is 3.39. The summed E-state index contributed by atoms with van der Waals surface area (Å²) in [5, 5.41) is 0. The minimum Gasteiger partial charge on any atom is -0.494 e. The second kappa shape index (κ2) is 5.19. The van der Waals surface area contributed by atoms with Crippen LogP contribution in [0.5, 0.6) is 5.75 Å². The van der Waals surface area contributed by atoms with Gasteiger partial charge in [-0.3, -0.25) is 4.79 Å². The van der Waals surface area contributed by atoms with Gasteiger partial charge in [0.2, 0.25) is 5.91 Å². The third kappa shape index (κ3) is 2.77. The standard InChI is InChI=1S/C13H18N2O2/c1-2-7-17-12-5-3-11(4-6-12)15-9-10(14)8-13(15)16/h3-6,10H,2,7-9,14H2,1H3. The summed E-state index contributed by atoms with van der Waals surface area (Å²) in [5.41, 5.74) is 6.66. The van der Waals surface area contributed by atoms with Crippen LogP contribution in [-0.4, -0.2) is 25.1 Å². The van der Waals surface area contributed by atoms with E-state index in [0.29, 0.717) is 19.6 Å². The van der Waals surface area contributed by atoms with Gasteiger partial charge in [-0.15, -0.1) is 0 Å². The molecule has 0 aliphatic carbocycles. The Balaban J connectivity index is 2.05. The zero-order valence-corrected chi connectivity index (χ0v) is 10.1. The largest absolute Gasteiger partial charge is 0.494 e. The Kier molecular flexibility index (Phi) is 3.64. The van der Waals surface area contributed by atoms with Crippen LogP contribution < -0.4 is 15.4 Å². The Morgan fingerprint density at radius 3 is 2.65 bits per heavy atom. The van der Waals surface area contributed by atoms with Crippen molar-refractivity contribution < 1.29 is 9.53 Å². The molecule has 4 heteroatoms. The number of carbonyl (C=O) groups is 1. The molecule has 4 nitrogen and oxygen atoms in total. The Bertz CT molecular complexity index is 389. The predicted octanol–water partition coefficient (Wildman–Crippen LogP) is 1.54. The summed E-state index contributed by atoms with van der Waals surface area (Å²) in [5.74, 6) is 0.936. The van der Waals surface area contributed by atoms with Gasteiger partial charge >= 0.3 is 0 Å². The molecule has 17 heavy (non-hydrogen) atoms. The van der Waals surface area contributed by atoms with Crippen LogP contribution in [0.15, 0.2) is 24.3 Å². The number of rotatable bonds is 4. The van der Waals surface area contributed by atoms with E-state index in [9.17, 15) is 4.79 Å². The fourth-order valence-electron chi connectivity index (χ4n) is 1.93. The molecule has 0 aromatic heterocycles. The maximum atomic E-state index is 11.7. The first-order chi connectivity index (χ1) is 8.20. The lowest BCUT2D eigenvalue weighted by molar-refractivity contribution is -0.117. The fraction of sp³-hybridized carbons (Fsp3) is 0.462. The van der Waals surface area contributed by atoms with E-state index < -0.39 is 0 Å². The van der Waals surface area contributed by atoms with Gasteiger partial charge in [0.15, 0.2) is 0 Å². The van der Waals surface area contributed by atoms with Crippen molar-refractivity contribution >= 4 is 11.6 Å². The predicted molar refractivity (Wildman–Crippen MR) is 67.2 cm³/mol. The van der Waals surface area contributed by atoms with Gasteiger partial charge in [0, 0.05) is 24.7 Å². The Morgan fingerprint density at radius 2 is 2.12 bits per heavy atom. The molecule has 1 heterocycles.